The van der Waals surface area contributed by atoms with Crippen LogP contribution in [0.25, 0.3) is 0 Å². The Bertz CT molecular complexity index is 603. The molecule has 19 heavy (non-hydrogen) atoms. The van der Waals surface area contributed by atoms with E-state index in [0.717, 1.165) is 0 Å². The molecule has 2 aromatic rings. The minimum Gasteiger partial charge on any atom is -0.308 e. The summed E-state index contributed by atoms with van der Waals surface area (Å²) in [6, 6.07) is 10.9. The van der Waals surface area contributed by atoms with Gasteiger partial charge in [-0.2, -0.15) is 0 Å². The largest absolute Gasteiger partial charge is 0.308 e. The van der Waals surface area contributed by atoms with Gasteiger partial charge in [-0.1, -0.05) is 18.2 Å². The van der Waals surface area contributed by atoms with Crippen LogP contribution < -0.4 is 16.2 Å². The van der Waals surface area contributed by atoms with E-state index in [4.69, 9.17) is 5.84 Å². The molecule has 0 aliphatic carbocycles. The lowest BCUT2D eigenvalue weighted by Gasteiger charge is -2.17. The first-order valence-corrected chi connectivity index (χ1v) is 5.59. The number of nitrogens with two attached hydrogens (primary N) is 1. The predicted octanol–water partition coefficient (Wildman–Crippen LogP) is 1.78. The Hall–Kier alpha value is -2.47. The number of hydrazine groups is 1. The van der Waals surface area contributed by atoms with Crippen molar-refractivity contribution in [3.8, 4) is 0 Å². The van der Waals surface area contributed by atoms with Crippen molar-refractivity contribution >= 4 is 17.4 Å². The zero-order valence-corrected chi connectivity index (χ0v) is 10.3. The van der Waals surface area contributed by atoms with Crippen molar-refractivity contribution in [2.24, 2.45) is 5.84 Å². The summed E-state index contributed by atoms with van der Waals surface area (Å²) in [6.07, 6.45) is 0. The molecule has 3 N–H and O–H groups in total. The number of carbonyl (C=O) groups excluding carboxylic acids is 1. The Labute approximate surface area is 109 Å². The third-order valence-corrected chi connectivity index (χ3v) is 2.63. The highest BCUT2D eigenvalue weighted by Crippen LogP contribution is 2.19. The molecule has 0 radical (unpaired) electrons. The van der Waals surface area contributed by atoms with Crippen LogP contribution in [-0.4, -0.2) is 17.9 Å². The number of anilines is 2. The van der Waals surface area contributed by atoms with Crippen LogP contribution in [-0.2, 0) is 0 Å². The Kier molecular flexibility index (Phi) is 3.72. The monoisotopic (exact) mass is 260 g/mol. The quantitative estimate of drug-likeness (QED) is 0.652. The van der Waals surface area contributed by atoms with Gasteiger partial charge in [-0.15, -0.1) is 0 Å². The predicted molar refractivity (Wildman–Crippen MR) is 71.2 cm³/mol. The first kappa shape index (κ1) is 13.0. The molecule has 0 bridgehead atoms. The molecule has 6 heteroatoms. The zero-order chi connectivity index (χ0) is 13.8. The van der Waals surface area contributed by atoms with Crippen LogP contribution in [0.4, 0.5) is 15.9 Å². The molecule has 0 aliphatic heterocycles. The summed E-state index contributed by atoms with van der Waals surface area (Å²) >= 11 is 0. The van der Waals surface area contributed by atoms with Crippen molar-refractivity contribution in [2.75, 3.05) is 17.4 Å². The molecule has 0 fully saturated rings. The average molecular weight is 260 g/mol. The van der Waals surface area contributed by atoms with E-state index >= 15 is 0 Å². The number of hydrogen-bond donors (Lipinski definition) is 2. The van der Waals surface area contributed by atoms with Crippen LogP contribution in [0.5, 0.6) is 0 Å². The maximum Gasteiger partial charge on any atom is 0.276 e. The zero-order valence-electron chi connectivity index (χ0n) is 10.3. The number of hydrogen-bond acceptors (Lipinski definition) is 4. The van der Waals surface area contributed by atoms with Gasteiger partial charge in [0.2, 0.25) is 0 Å². The number of benzene rings is 1. The molecule has 2 rings (SSSR count). The summed E-state index contributed by atoms with van der Waals surface area (Å²) in [5.41, 5.74) is 2.73. The highest BCUT2D eigenvalue weighted by atomic mass is 19.1. The second kappa shape index (κ2) is 5.45. The van der Waals surface area contributed by atoms with Crippen molar-refractivity contribution in [3.63, 3.8) is 0 Å². The smallest absolute Gasteiger partial charge is 0.276 e. The summed E-state index contributed by atoms with van der Waals surface area (Å²) in [7, 11) is 1.49. The highest BCUT2D eigenvalue weighted by Gasteiger charge is 2.17. The van der Waals surface area contributed by atoms with Gasteiger partial charge >= 0.3 is 0 Å². The number of carbonyl (C=O) groups is 1. The van der Waals surface area contributed by atoms with Gasteiger partial charge in [0, 0.05) is 7.05 Å². The molecule has 1 aromatic heterocycles. The van der Waals surface area contributed by atoms with Crippen molar-refractivity contribution in [1.29, 1.82) is 0 Å². The van der Waals surface area contributed by atoms with Crippen LogP contribution in [0.2, 0.25) is 0 Å². The fourth-order valence-corrected chi connectivity index (χ4v) is 1.64. The molecule has 0 atom stereocenters. The highest BCUT2D eigenvalue weighted by molar-refractivity contribution is 6.04. The van der Waals surface area contributed by atoms with Crippen LogP contribution in [0, 0.1) is 5.82 Å². The lowest BCUT2D eigenvalue weighted by atomic mass is 10.2. The second-order valence-corrected chi connectivity index (χ2v) is 3.87. The van der Waals surface area contributed by atoms with E-state index < -0.39 is 11.7 Å². The number of nitrogens with zero attached hydrogens (tertiary/aromatic N) is 2. The lowest BCUT2D eigenvalue weighted by molar-refractivity contribution is 0.0987. The SMILES string of the molecule is CN(C(=O)c1cccc(NN)n1)c1ccccc1F. The van der Waals surface area contributed by atoms with Crippen LogP contribution in [0.1, 0.15) is 10.5 Å². The van der Waals surface area contributed by atoms with Crippen molar-refractivity contribution in [3.05, 3.63) is 54.0 Å². The van der Waals surface area contributed by atoms with Gasteiger partial charge in [-0.25, -0.2) is 15.2 Å². The number of aromatic nitrogens is 1. The minimum absolute atomic E-state index is 0.182. The number of pyridine rings is 1. The fourth-order valence-electron chi connectivity index (χ4n) is 1.64. The van der Waals surface area contributed by atoms with Gasteiger partial charge in [-0.3, -0.25) is 4.79 Å². The number of para-hydroxylation sites is 1. The van der Waals surface area contributed by atoms with Gasteiger partial charge in [0.15, 0.2) is 0 Å². The Balaban J connectivity index is 2.31. The number of amides is 1. The molecule has 0 saturated heterocycles. The van der Waals surface area contributed by atoms with Crippen molar-refractivity contribution < 1.29 is 9.18 Å². The summed E-state index contributed by atoms with van der Waals surface area (Å²) in [4.78, 5) is 17.4. The van der Waals surface area contributed by atoms with Gasteiger partial charge < -0.3 is 10.3 Å². The fraction of sp³-hybridized carbons (Fsp3) is 0.0769. The Morgan fingerprint density at radius 2 is 2.00 bits per heavy atom. The van der Waals surface area contributed by atoms with Gasteiger partial charge in [0.05, 0.1) is 5.69 Å². The first-order valence-electron chi connectivity index (χ1n) is 5.59. The Morgan fingerprint density at radius 3 is 2.68 bits per heavy atom. The molecular weight excluding hydrogens is 247 g/mol. The second-order valence-electron chi connectivity index (χ2n) is 3.87. The standard InChI is InChI=1S/C13H13FN4O/c1-18(11-7-3-2-5-9(11)14)13(19)10-6-4-8-12(16-10)17-15/h2-8H,15H2,1H3,(H,16,17). The molecule has 5 nitrogen and oxygen atoms in total. The number of nitrogen functional groups attached to an aromatic ring is 1. The first-order chi connectivity index (χ1) is 9.13. The summed E-state index contributed by atoms with van der Waals surface area (Å²) in [6.45, 7) is 0. The average Bonchev–Trinajstić information content (AvgIpc) is 2.46. The van der Waals surface area contributed by atoms with Crippen LogP contribution in [0.15, 0.2) is 42.5 Å². The van der Waals surface area contributed by atoms with Gasteiger partial charge in [0.1, 0.15) is 17.3 Å². The molecule has 0 saturated carbocycles. The lowest BCUT2D eigenvalue weighted by Crippen LogP contribution is -2.28. The maximum atomic E-state index is 13.6. The van der Waals surface area contributed by atoms with E-state index in [1.807, 2.05) is 0 Å². The van der Waals surface area contributed by atoms with Crippen LogP contribution in [0.3, 0.4) is 0 Å². The van der Waals surface area contributed by atoms with Gasteiger partial charge in [0.25, 0.3) is 5.91 Å². The number of halogens is 1. The van der Waals surface area contributed by atoms with E-state index in [2.05, 4.69) is 10.4 Å². The maximum absolute atomic E-state index is 13.6. The van der Waals surface area contributed by atoms with E-state index in [-0.39, 0.29) is 11.4 Å². The van der Waals surface area contributed by atoms with Crippen molar-refractivity contribution in [1.82, 2.24) is 4.98 Å². The van der Waals surface area contributed by atoms with Crippen molar-refractivity contribution in [2.45, 2.75) is 0 Å². The van der Waals surface area contributed by atoms with Gasteiger partial charge in [-0.05, 0) is 24.3 Å². The molecule has 1 heterocycles. The third kappa shape index (κ3) is 2.69. The normalized spacial score (nSPS) is 10.1. The molecule has 98 valence electrons. The molecule has 1 aromatic carbocycles. The molecule has 0 unspecified atom stereocenters. The van der Waals surface area contributed by atoms with E-state index in [1.165, 1.54) is 24.1 Å². The number of nitrogens with one attached hydrogen (secondary N) is 1. The molecular formula is C13H13FN4O. The topological polar surface area (TPSA) is 71.2 Å². The third-order valence-electron chi connectivity index (χ3n) is 2.63. The molecule has 0 spiro atoms. The Morgan fingerprint density at radius 1 is 1.26 bits per heavy atom. The van der Waals surface area contributed by atoms with E-state index in [9.17, 15) is 9.18 Å². The van der Waals surface area contributed by atoms with E-state index in [0.29, 0.717) is 5.82 Å². The summed E-state index contributed by atoms with van der Waals surface area (Å²) in [5.74, 6) is 4.72. The van der Waals surface area contributed by atoms with E-state index in [1.54, 1.807) is 30.3 Å². The summed E-state index contributed by atoms with van der Waals surface area (Å²) < 4.78 is 13.6. The summed E-state index contributed by atoms with van der Waals surface area (Å²) in [5, 5.41) is 0. The van der Waals surface area contributed by atoms with Crippen LogP contribution >= 0.6 is 0 Å². The molecule has 1 amide bonds. The number of rotatable bonds is 3. The minimum atomic E-state index is -0.466. The molecule has 0 aliphatic rings.